The van der Waals surface area contributed by atoms with E-state index in [4.69, 9.17) is 13.9 Å². The van der Waals surface area contributed by atoms with Crippen molar-refractivity contribution < 1.29 is 23.8 Å². The van der Waals surface area contributed by atoms with Gasteiger partial charge in [0.05, 0.1) is 18.8 Å². The van der Waals surface area contributed by atoms with Crippen molar-refractivity contribution in [3.8, 4) is 0 Å². The number of hydrogen-bond acceptors (Lipinski definition) is 5. The molecule has 0 bridgehead atoms. The highest BCUT2D eigenvalue weighted by Gasteiger charge is 2.56. The lowest BCUT2D eigenvalue weighted by Crippen LogP contribution is -2.68. The van der Waals surface area contributed by atoms with Crippen molar-refractivity contribution in [3.63, 3.8) is 0 Å². The maximum atomic E-state index is 13.9. The molecule has 0 unspecified atom stereocenters. The minimum atomic E-state index is -2.92. The molecule has 1 saturated heterocycles. The Morgan fingerprint density at radius 3 is 1.64 bits per heavy atom. The molecule has 1 heterocycles. The van der Waals surface area contributed by atoms with Crippen LogP contribution in [0.5, 0.6) is 0 Å². The van der Waals surface area contributed by atoms with E-state index in [1.807, 2.05) is 46.8 Å². The molecule has 1 amide bonds. The first-order valence-electron chi connectivity index (χ1n) is 19.8. The summed E-state index contributed by atoms with van der Waals surface area (Å²) in [4.78, 5) is 15.6. The van der Waals surface area contributed by atoms with Crippen LogP contribution in [0, 0.1) is 0 Å². The van der Waals surface area contributed by atoms with Gasteiger partial charge < -0.3 is 19.0 Å². The first kappa shape index (κ1) is 42.2. The van der Waals surface area contributed by atoms with E-state index in [1.165, 1.54) is 81.0 Å². The van der Waals surface area contributed by atoms with Crippen LogP contribution in [0.2, 0.25) is 5.04 Å². The van der Waals surface area contributed by atoms with Gasteiger partial charge in [-0.15, -0.1) is 0 Å². The van der Waals surface area contributed by atoms with E-state index < -0.39 is 44.0 Å². The highest BCUT2D eigenvalue weighted by molar-refractivity contribution is 6.99. The van der Waals surface area contributed by atoms with Gasteiger partial charge in [-0.05, 0) is 56.5 Å². The molecule has 2 aromatic rings. The average Bonchev–Trinajstić information content (AvgIpc) is 3.33. The molecule has 1 N–H and O–H groups in total. The van der Waals surface area contributed by atoms with Gasteiger partial charge in [0.2, 0.25) is 0 Å². The summed E-state index contributed by atoms with van der Waals surface area (Å²) in [6.07, 6.45) is 15.5. The number of nitrogens with zero attached hydrogens (tertiary/aromatic N) is 1. The van der Waals surface area contributed by atoms with Crippen LogP contribution < -0.4 is 10.4 Å². The minimum Gasteiger partial charge on any atom is -0.444 e. The lowest BCUT2D eigenvalue weighted by molar-refractivity contribution is -0.104. The lowest BCUT2D eigenvalue weighted by Gasteiger charge is -2.44. The predicted molar refractivity (Wildman–Crippen MR) is 211 cm³/mol. The third kappa shape index (κ3) is 11.9. The Labute approximate surface area is 306 Å². The molecule has 0 aromatic heterocycles. The van der Waals surface area contributed by atoms with Crippen molar-refractivity contribution in [2.45, 2.75) is 187 Å². The van der Waals surface area contributed by atoms with Gasteiger partial charge in [0.1, 0.15) is 17.4 Å². The molecular formula is C43H71NO5Si. The van der Waals surface area contributed by atoms with Crippen LogP contribution in [0.3, 0.4) is 0 Å². The van der Waals surface area contributed by atoms with Crippen molar-refractivity contribution in [1.82, 2.24) is 4.90 Å². The van der Waals surface area contributed by atoms with Crippen LogP contribution >= 0.6 is 0 Å². The van der Waals surface area contributed by atoms with Gasteiger partial charge in [-0.1, -0.05) is 172 Å². The van der Waals surface area contributed by atoms with Gasteiger partial charge in [-0.3, -0.25) is 4.90 Å². The minimum absolute atomic E-state index is 0.219. The van der Waals surface area contributed by atoms with E-state index >= 15 is 0 Å². The molecule has 0 spiro atoms. The second-order valence-electron chi connectivity index (χ2n) is 17.0. The van der Waals surface area contributed by atoms with Gasteiger partial charge in [0.25, 0.3) is 8.32 Å². The van der Waals surface area contributed by atoms with E-state index in [0.29, 0.717) is 6.42 Å². The van der Waals surface area contributed by atoms with Crippen molar-refractivity contribution >= 4 is 24.8 Å². The molecule has 7 heteroatoms. The second-order valence-corrected chi connectivity index (χ2v) is 21.3. The molecule has 0 radical (unpaired) electrons. The Morgan fingerprint density at radius 1 is 0.780 bits per heavy atom. The number of benzene rings is 2. The summed E-state index contributed by atoms with van der Waals surface area (Å²) >= 11 is 0. The predicted octanol–water partition coefficient (Wildman–Crippen LogP) is 10.1. The smallest absolute Gasteiger partial charge is 0.412 e. The zero-order chi connectivity index (χ0) is 36.8. The standard InChI is InChI=1S/C43H71NO5Si/c1-10-11-12-13-14-15-16-17-18-19-20-21-28-33-38(45)39-37(44(43(8,9)48-39)40(46)49-41(2,3)4)34-47-50(42(5,6)7,35-29-24-22-25-30-35)36-31-26-23-27-32-36/h22-27,29-32,37-39,45H,10-21,28,33-34H2,1-9H3/t37-,38-,39-/m0/s1. The van der Waals surface area contributed by atoms with Crippen LogP contribution in [0.25, 0.3) is 0 Å². The monoisotopic (exact) mass is 710 g/mol. The number of carbonyl (C=O) groups is 1. The summed E-state index contributed by atoms with van der Waals surface area (Å²) in [5.74, 6) is 0. The zero-order valence-electron chi connectivity index (χ0n) is 33.1. The Bertz CT molecular complexity index is 1200. The maximum Gasteiger partial charge on any atom is 0.412 e. The number of amides is 1. The van der Waals surface area contributed by atoms with Gasteiger partial charge in [0, 0.05) is 0 Å². The van der Waals surface area contributed by atoms with Gasteiger partial charge in [0.15, 0.2) is 0 Å². The Balaban J connectivity index is 1.75. The SMILES string of the molecule is CCCCCCCCCCCCCCC[C@H](O)[C@H]1OC(C)(C)N(C(=O)OC(C)(C)C)[C@H]1CO[Si](c1ccccc1)(c1ccccc1)C(C)(C)C. The molecule has 1 fully saturated rings. The highest BCUT2D eigenvalue weighted by Crippen LogP contribution is 2.40. The van der Waals surface area contributed by atoms with E-state index in [9.17, 15) is 9.90 Å². The molecule has 282 valence electrons. The van der Waals surface area contributed by atoms with Gasteiger partial charge >= 0.3 is 6.09 Å². The summed E-state index contributed by atoms with van der Waals surface area (Å²) in [6.45, 7) is 18.7. The third-order valence-electron chi connectivity index (χ3n) is 10.2. The Kier molecular flexibility index (Phi) is 16.5. The molecule has 0 saturated carbocycles. The van der Waals surface area contributed by atoms with Crippen LogP contribution in [0.4, 0.5) is 4.79 Å². The van der Waals surface area contributed by atoms with Crippen LogP contribution in [0.1, 0.15) is 152 Å². The summed E-state index contributed by atoms with van der Waals surface area (Å²) in [5, 5.41) is 13.8. The molecule has 2 aromatic carbocycles. The summed E-state index contributed by atoms with van der Waals surface area (Å²) < 4.78 is 19.9. The molecule has 0 aliphatic carbocycles. The maximum absolute atomic E-state index is 13.9. The summed E-state index contributed by atoms with van der Waals surface area (Å²) in [6, 6.07) is 20.5. The number of hydrogen-bond donors (Lipinski definition) is 1. The van der Waals surface area contributed by atoms with Crippen LogP contribution in [-0.2, 0) is 13.9 Å². The molecule has 6 nitrogen and oxygen atoms in total. The second kappa shape index (κ2) is 19.6. The summed E-state index contributed by atoms with van der Waals surface area (Å²) in [7, 11) is -2.92. The fourth-order valence-corrected chi connectivity index (χ4v) is 12.3. The Hall–Kier alpha value is -2.19. The first-order valence-corrected chi connectivity index (χ1v) is 21.7. The highest BCUT2D eigenvalue weighted by atomic mass is 28.4. The van der Waals surface area contributed by atoms with E-state index in [1.54, 1.807) is 4.90 Å². The number of ether oxygens (including phenoxy) is 2. The van der Waals surface area contributed by atoms with Crippen molar-refractivity contribution in [2.24, 2.45) is 0 Å². The van der Waals surface area contributed by atoms with E-state index in [0.717, 1.165) is 12.8 Å². The molecule has 1 aliphatic heterocycles. The summed E-state index contributed by atoms with van der Waals surface area (Å²) in [5.41, 5.74) is -1.66. The molecule has 3 atom stereocenters. The van der Waals surface area contributed by atoms with Crippen molar-refractivity contribution in [1.29, 1.82) is 0 Å². The average molecular weight is 710 g/mol. The quantitative estimate of drug-likeness (QED) is 0.110. The number of unbranched alkanes of at least 4 members (excludes halogenated alkanes) is 12. The first-order chi connectivity index (χ1) is 23.6. The van der Waals surface area contributed by atoms with Crippen molar-refractivity contribution in [3.05, 3.63) is 60.7 Å². The number of aliphatic hydroxyl groups excluding tert-OH is 1. The third-order valence-corrected chi connectivity index (χ3v) is 15.2. The molecule has 3 rings (SSSR count). The fourth-order valence-electron chi connectivity index (χ4n) is 7.69. The fraction of sp³-hybridized carbons (Fsp3) is 0.698. The molecule has 1 aliphatic rings. The number of carbonyl (C=O) groups excluding carboxylic acids is 1. The zero-order valence-corrected chi connectivity index (χ0v) is 34.1. The lowest BCUT2D eigenvalue weighted by atomic mass is 9.99. The van der Waals surface area contributed by atoms with Gasteiger partial charge in [-0.2, -0.15) is 0 Å². The Morgan fingerprint density at radius 2 is 1.22 bits per heavy atom. The van der Waals surface area contributed by atoms with Crippen LogP contribution in [0.15, 0.2) is 60.7 Å². The van der Waals surface area contributed by atoms with Crippen molar-refractivity contribution in [2.75, 3.05) is 6.61 Å². The van der Waals surface area contributed by atoms with Gasteiger partial charge in [-0.25, -0.2) is 4.79 Å². The largest absolute Gasteiger partial charge is 0.444 e. The number of rotatable bonds is 20. The normalized spacial score (nSPS) is 18.7. The van der Waals surface area contributed by atoms with Crippen LogP contribution in [-0.4, -0.2) is 60.6 Å². The number of aliphatic hydroxyl groups is 1. The molecular weight excluding hydrogens is 639 g/mol. The van der Waals surface area contributed by atoms with E-state index in [-0.39, 0.29) is 11.6 Å². The molecule has 50 heavy (non-hydrogen) atoms. The topological polar surface area (TPSA) is 68.2 Å². The van der Waals surface area contributed by atoms with E-state index in [2.05, 4.69) is 76.2 Å².